The number of halogens is 1. The third-order valence-electron chi connectivity index (χ3n) is 3.31. The first-order chi connectivity index (χ1) is 10.1. The number of amides is 1. The molecule has 0 fully saturated rings. The first-order valence-electron chi connectivity index (χ1n) is 7.00. The maximum atomic E-state index is 11.9. The van der Waals surface area contributed by atoms with E-state index in [1.807, 2.05) is 24.6 Å². The second-order valence-corrected chi connectivity index (χ2v) is 5.50. The van der Waals surface area contributed by atoms with Gasteiger partial charge in [0, 0.05) is 44.1 Å². The Morgan fingerprint density at radius 3 is 2.95 bits per heavy atom. The molecule has 6 nitrogen and oxygen atoms in total. The lowest BCUT2D eigenvalue weighted by Crippen LogP contribution is -2.27. The van der Waals surface area contributed by atoms with E-state index in [1.165, 1.54) is 0 Å². The van der Waals surface area contributed by atoms with Crippen molar-refractivity contribution >= 4 is 17.5 Å². The summed E-state index contributed by atoms with van der Waals surface area (Å²) in [6, 6.07) is 0.109. The molecule has 0 aliphatic rings. The summed E-state index contributed by atoms with van der Waals surface area (Å²) in [5.74, 6) is 0.972. The van der Waals surface area contributed by atoms with Crippen LogP contribution in [0.4, 0.5) is 0 Å². The van der Waals surface area contributed by atoms with Crippen molar-refractivity contribution in [2.45, 2.75) is 39.3 Å². The Kier molecular flexibility index (Phi) is 5.38. The second-order valence-electron chi connectivity index (χ2n) is 5.06. The predicted molar refractivity (Wildman–Crippen MR) is 81.2 cm³/mol. The molecule has 1 atom stereocenters. The number of rotatable bonds is 7. The highest BCUT2D eigenvalue weighted by atomic mass is 35.5. The summed E-state index contributed by atoms with van der Waals surface area (Å²) >= 11 is 5.78. The fraction of sp³-hybridized carbons (Fsp3) is 0.500. The van der Waals surface area contributed by atoms with Crippen molar-refractivity contribution in [1.82, 2.24) is 24.6 Å². The van der Waals surface area contributed by atoms with Crippen molar-refractivity contribution < 1.29 is 4.79 Å². The standard InChI is InChI=1S/C14H20ClN5O/c1-11(20-7-5-16-12(20)2)8-14(21)17-4-3-6-19-10-13(15)9-18-19/h5,7,9-11H,3-4,6,8H2,1-2H3,(H,17,21)/t11-/m0/s1. The molecule has 0 radical (unpaired) electrons. The van der Waals surface area contributed by atoms with Crippen LogP contribution in [-0.2, 0) is 11.3 Å². The zero-order valence-corrected chi connectivity index (χ0v) is 13.0. The van der Waals surface area contributed by atoms with Crippen molar-refractivity contribution in [2.75, 3.05) is 6.54 Å². The van der Waals surface area contributed by atoms with E-state index in [2.05, 4.69) is 15.4 Å². The molecule has 7 heteroatoms. The molecule has 0 bridgehead atoms. The van der Waals surface area contributed by atoms with E-state index in [0.29, 0.717) is 18.0 Å². The molecule has 2 aromatic heterocycles. The fourth-order valence-electron chi connectivity index (χ4n) is 2.22. The number of hydrogen-bond acceptors (Lipinski definition) is 3. The van der Waals surface area contributed by atoms with Crippen molar-refractivity contribution in [3.05, 3.63) is 35.6 Å². The SMILES string of the molecule is Cc1nccn1[C@@H](C)CC(=O)NCCCn1cc(Cl)cn1. The van der Waals surface area contributed by atoms with Crippen molar-refractivity contribution in [3.8, 4) is 0 Å². The highest BCUT2D eigenvalue weighted by Gasteiger charge is 2.11. The Bertz CT molecular complexity index is 592. The second kappa shape index (κ2) is 7.26. The van der Waals surface area contributed by atoms with Gasteiger partial charge in [0.25, 0.3) is 0 Å². The minimum atomic E-state index is 0.0501. The molecule has 0 aromatic carbocycles. The van der Waals surface area contributed by atoms with Crippen LogP contribution in [0.5, 0.6) is 0 Å². The quantitative estimate of drug-likeness (QED) is 0.797. The number of imidazole rings is 1. The van der Waals surface area contributed by atoms with E-state index in [4.69, 9.17) is 11.6 Å². The molecule has 21 heavy (non-hydrogen) atoms. The van der Waals surface area contributed by atoms with Crippen molar-refractivity contribution in [2.24, 2.45) is 0 Å². The molecule has 0 saturated heterocycles. The predicted octanol–water partition coefficient (Wildman–Crippen LogP) is 2.20. The van der Waals surface area contributed by atoms with Gasteiger partial charge in [0.15, 0.2) is 0 Å². The molecule has 1 amide bonds. The van der Waals surface area contributed by atoms with Crippen LogP contribution < -0.4 is 5.32 Å². The zero-order chi connectivity index (χ0) is 15.2. The summed E-state index contributed by atoms with van der Waals surface area (Å²) in [5, 5.41) is 7.64. The Hall–Kier alpha value is -1.82. The van der Waals surface area contributed by atoms with Crippen LogP contribution in [0, 0.1) is 6.92 Å². The van der Waals surface area contributed by atoms with E-state index >= 15 is 0 Å². The van der Waals surface area contributed by atoms with E-state index in [0.717, 1.165) is 18.8 Å². The molecular formula is C14H20ClN5O. The number of carbonyl (C=O) groups is 1. The lowest BCUT2D eigenvalue weighted by atomic mass is 10.2. The topological polar surface area (TPSA) is 64.7 Å². The third-order valence-corrected chi connectivity index (χ3v) is 3.50. The van der Waals surface area contributed by atoms with E-state index in [9.17, 15) is 4.79 Å². The van der Waals surface area contributed by atoms with E-state index < -0.39 is 0 Å². The van der Waals surface area contributed by atoms with Crippen molar-refractivity contribution in [3.63, 3.8) is 0 Å². The Morgan fingerprint density at radius 1 is 1.52 bits per heavy atom. The number of nitrogens with one attached hydrogen (secondary N) is 1. The van der Waals surface area contributed by atoms with Gasteiger partial charge in [0.2, 0.25) is 5.91 Å². The summed E-state index contributed by atoms with van der Waals surface area (Å²) < 4.78 is 3.78. The van der Waals surface area contributed by atoms with Crippen LogP contribution in [0.25, 0.3) is 0 Å². The molecule has 2 rings (SSSR count). The minimum absolute atomic E-state index is 0.0501. The lowest BCUT2D eigenvalue weighted by molar-refractivity contribution is -0.121. The summed E-state index contributed by atoms with van der Waals surface area (Å²) in [5.41, 5.74) is 0. The fourth-order valence-corrected chi connectivity index (χ4v) is 2.38. The third kappa shape index (κ3) is 4.60. The van der Waals surface area contributed by atoms with Gasteiger partial charge in [-0.3, -0.25) is 9.48 Å². The van der Waals surface area contributed by atoms with Crippen LogP contribution in [0.3, 0.4) is 0 Å². The molecule has 0 saturated carbocycles. The van der Waals surface area contributed by atoms with Crippen LogP contribution in [-0.4, -0.2) is 31.8 Å². The van der Waals surface area contributed by atoms with Gasteiger partial charge in [-0.2, -0.15) is 5.10 Å². The minimum Gasteiger partial charge on any atom is -0.356 e. The van der Waals surface area contributed by atoms with Gasteiger partial charge in [0.1, 0.15) is 5.82 Å². The Balaban J connectivity index is 1.67. The smallest absolute Gasteiger partial charge is 0.222 e. The maximum Gasteiger partial charge on any atom is 0.222 e. The molecule has 0 spiro atoms. The van der Waals surface area contributed by atoms with Gasteiger partial charge < -0.3 is 9.88 Å². The van der Waals surface area contributed by atoms with Crippen molar-refractivity contribution in [1.29, 1.82) is 0 Å². The largest absolute Gasteiger partial charge is 0.356 e. The number of hydrogen-bond donors (Lipinski definition) is 1. The summed E-state index contributed by atoms with van der Waals surface area (Å²) in [7, 11) is 0. The molecule has 1 N–H and O–H groups in total. The molecule has 114 valence electrons. The summed E-state index contributed by atoms with van der Waals surface area (Å²) in [4.78, 5) is 16.1. The Labute approximate surface area is 129 Å². The van der Waals surface area contributed by atoms with Gasteiger partial charge in [-0.15, -0.1) is 0 Å². The molecule has 0 aliphatic carbocycles. The average molecular weight is 310 g/mol. The zero-order valence-electron chi connectivity index (χ0n) is 12.3. The molecule has 0 aliphatic heterocycles. The van der Waals surface area contributed by atoms with Crippen LogP contribution in [0.15, 0.2) is 24.8 Å². The van der Waals surface area contributed by atoms with Gasteiger partial charge in [-0.05, 0) is 20.3 Å². The number of nitrogens with zero attached hydrogens (tertiary/aromatic N) is 4. The maximum absolute atomic E-state index is 11.9. The summed E-state index contributed by atoms with van der Waals surface area (Å²) in [6.07, 6.45) is 8.29. The average Bonchev–Trinajstić information content (AvgIpc) is 3.03. The number of aryl methyl sites for hydroxylation is 2. The Morgan fingerprint density at radius 2 is 2.33 bits per heavy atom. The van der Waals surface area contributed by atoms with E-state index in [-0.39, 0.29) is 11.9 Å². The van der Waals surface area contributed by atoms with Crippen LogP contribution in [0.1, 0.15) is 31.6 Å². The molecule has 2 aromatic rings. The lowest BCUT2D eigenvalue weighted by Gasteiger charge is -2.14. The number of aromatic nitrogens is 4. The molecule has 2 heterocycles. The first kappa shape index (κ1) is 15.6. The van der Waals surface area contributed by atoms with Gasteiger partial charge >= 0.3 is 0 Å². The van der Waals surface area contributed by atoms with Gasteiger partial charge in [0.05, 0.1) is 11.2 Å². The normalized spacial score (nSPS) is 12.3. The summed E-state index contributed by atoms with van der Waals surface area (Å²) in [6.45, 7) is 5.32. The van der Waals surface area contributed by atoms with Crippen LogP contribution in [0.2, 0.25) is 5.02 Å². The van der Waals surface area contributed by atoms with E-state index in [1.54, 1.807) is 23.3 Å². The highest BCUT2D eigenvalue weighted by molar-refractivity contribution is 6.30. The van der Waals surface area contributed by atoms with Gasteiger partial charge in [-0.1, -0.05) is 11.6 Å². The number of carbonyl (C=O) groups excluding carboxylic acids is 1. The highest BCUT2D eigenvalue weighted by Crippen LogP contribution is 2.12. The molecule has 0 unspecified atom stereocenters. The van der Waals surface area contributed by atoms with Gasteiger partial charge in [-0.25, -0.2) is 4.98 Å². The monoisotopic (exact) mass is 309 g/mol. The van der Waals surface area contributed by atoms with Crippen LogP contribution >= 0.6 is 11.6 Å². The first-order valence-corrected chi connectivity index (χ1v) is 7.38. The molecular weight excluding hydrogens is 290 g/mol.